The van der Waals surface area contributed by atoms with E-state index in [1.807, 2.05) is 18.2 Å². The summed E-state index contributed by atoms with van der Waals surface area (Å²) in [5.74, 6) is -0.276. The van der Waals surface area contributed by atoms with E-state index in [-0.39, 0.29) is 5.78 Å². The third-order valence-corrected chi connectivity index (χ3v) is 4.53. The van der Waals surface area contributed by atoms with Gasteiger partial charge in [-0.2, -0.15) is 0 Å². The molecule has 0 radical (unpaired) electrons. The number of benzene rings is 2. The first kappa shape index (κ1) is 17.1. The van der Waals surface area contributed by atoms with E-state index < -0.39 is 12.1 Å². The van der Waals surface area contributed by atoms with Gasteiger partial charge in [-0.1, -0.05) is 54.1 Å². The summed E-state index contributed by atoms with van der Waals surface area (Å²) in [6.07, 6.45) is -1.15. The number of hydrogen-bond donors (Lipinski definition) is 1. The molecule has 126 valence electrons. The predicted octanol–water partition coefficient (Wildman–Crippen LogP) is 2.96. The first-order chi connectivity index (χ1) is 11.7. The van der Waals surface area contributed by atoms with Crippen molar-refractivity contribution in [1.82, 2.24) is 4.90 Å². The SMILES string of the molecule is O=C(c1ccccc1)C(O)C(c1ccc(Cl)cc1)N1CCOCC1. The van der Waals surface area contributed by atoms with Crippen molar-refractivity contribution in [2.45, 2.75) is 12.1 Å². The minimum absolute atomic E-state index is 0.276. The van der Waals surface area contributed by atoms with E-state index in [2.05, 4.69) is 4.90 Å². The van der Waals surface area contributed by atoms with Gasteiger partial charge in [0.1, 0.15) is 6.10 Å². The Morgan fingerprint density at radius 3 is 2.29 bits per heavy atom. The van der Waals surface area contributed by atoms with Crippen molar-refractivity contribution in [2.24, 2.45) is 0 Å². The van der Waals surface area contributed by atoms with Gasteiger partial charge in [0.2, 0.25) is 0 Å². The number of nitrogens with zero attached hydrogens (tertiary/aromatic N) is 1. The van der Waals surface area contributed by atoms with E-state index in [4.69, 9.17) is 16.3 Å². The van der Waals surface area contributed by atoms with Gasteiger partial charge in [0.15, 0.2) is 5.78 Å². The van der Waals surface area contributed by atoms with Gasteiger partial charge < -0.3 is 9.84 Å². The fourth-order valence-electron chi connectivity index (χ4n) is 3.02. The first-order valence-electron chi connectivity index (χ1n) is 8.01. The number of ether oxygens (including phenoxy) is 1. The second kappa shape index (κ2) is 7.90. The van der Waals surface area contributed by atoms with Crippen LogP contribution in [0.2, 0.25) is 5.02 Å². The van der Waals surface area contributed by atoms with Gasteiger partial charge in [-0.15, -0.1) is 0 Å². The smallest absolute Gasteiger partial charge is 0.193 e. The molecule has 0 spiro atoms. The Hall–Kier alpha value is -1.72. The van der Waals surface area contributed by atoms with Gasteiger partial charge in [-0.05, 0) is 17.7 Å². The van der Waals surface area contributed by atoms with Crippen LogP contribution in [0.15, 0.2) is 54.6 Å². The minimum Gasteiger partial charge on any atom is -0.383 e. The maximum atomic E-state index is 12.7. The number of aliphatic hydroxyl groups is 1. The molecule has 0 bridgehead atoms. The molecule has 0 aliphatic carbocycles. The van der Waals surface area contributed by atoms with Crippen molar-refractivity contribution in [3.8, 4) is 0 Å². The lowest BCUT2D eigenvalue weighted by molar-refractivity contribution is -0.0172. The number of ketones is 1. The maximum Gasteiger partial charge on any atom is 0.193 e. The summed E-state index contributed by atoms with van der Waals surface area (Å²) < 4.78 is 5.40. The van der Waals surface area contributed by atoms with Gasteiger partial charge in [-0.25, -0.2) is 0 Å². The zero-order valence-corrected chi connectivity index (χ0v) is 14.0. The summed E-state index contributed by atoms with van der Waals surface area (Å²) in [6.45, 7) is 2.53. The molecule has 5 heteroatoms. The third kappa shape index (κ3) is 3.84. The topological polar surface area (TPSA) is 49.8 Å². The molecule has 1 aliphatic rings. The maximum absolute atomic E-state index is 12.7. The molecule has 0 saturated carbocycles. The second-order valence-corrected chi connectivity index (χ2v) is 6.26. The Labute approximate surface area is 146 Å². The lowest BCUT2D eigenvalue weighted by Crippen LogP contribution is -2.46. The van der Waals surface area contributed by atoms with Crippen LogP contribution in [0.1, 0.15) is 22.0 Å². The predicted molar refractivity (Wildman–Crippen MR) is 93.4 cm³/mol. The molecule has 0 aromatic heterocycles. The quantitative estimate of drug-likeness (QED) is 0.846. The highest BCUT2D eigenvalue weighted by Gasteiger charge is 2.33. The summed E-state index contributed by atoms with van der Waals surface area (Å²) in [5.41, 5.74) is 1.38. The largest absolute Gasteiger partial charge is 0.383 e. The Morgan fingerprint density at radius 1 is 1.04 bits per heavy atom. The summed E-state index contributed by atoms with van der Waals surface area (Å²) in [5, 5.41) is 11.5. The second-order valence-electron chi connectivity index (χ2n) is 5.82. The molecule has 2 aromatic carbocycles. The highest BCUT2D eigenvalue weighted by atomic mass is 35.5. The highest BCUT2D eigenvalue weighted by Crippen LogP contribution is 2.28. The van der Waals surface area contributed by atoms with E-state index in [0.717, 1.165) is 5.56 Å². The summed E-state index contributed by atoms with van der Waals surface area (Å²) in [7, 11) is 0. The Bertz CT molecular complexity index is 669. The van der Waals surface area contributed by atoms with Crippen LogP contribution in [0.5, 0.6) is 0 Å². The number of halogens is 1. The highest BCUT2D eigenvalue weighted by molar-refractivity contribution is 6.30. The molecular weight excluding hydrogens is 326 g/mol. The molecule has 2 atom stereocenters. The number of carbonyl (C=O) groups excluding carboxylic acids is 1. The van der Waals surface area contributed by atoms with E-state index in [9.17, 15) is 9.90 Å². The third-order valence-electron chi connectivity index (χ3n) is 4.28. The summed E-state index contributed by atoms with van der Waals surface area (Å²) in [4.78, 5) is 14.8. The van der Waals surface area contributed by atoms with Gasteiger partial charge in [0.25, 0.3) is 0 Å². The molecule has 24 heavy (non-hydrogen) atoms. The van der Waals surface area contributed by atoms with Gasteiger partial charge >= 0.3 is 0 Å². The van der Waals surface area contributed by atoms with Crippen LogP contribution >= 0.6 is 11.6 Å². The minimum atomic E-state index is -1.15. The fraction of sp³-hybridized carbons (Fsp3) is 0.316. The van der Waals surface area contributed by atoms with Crippen molar-refractivity contribution in [3.05, 3.63) is 70.7 Å². The standard InChI is InChI=1S/C19H20ClNO3/c20-16-8-6-14(7-9-16)17(21-10-12-24-13-11-21)19(23)18(22)15-4-2-1-3-5-15/h1-9,17,19,23H,10-13H2. The first-order valence-corrected chi connectivity index (χ1v) is 8.39. The molecule has 1 heterocycles. The molecule has 1 fully saturated rings. The van der Waals surface area contributed by atoms with Crippen molar-refractivity contribution in [2.75, 3.05) is 26.3 Å². The van der Waals surface area contributed by atoms with Crippen molar-refractivity contribution < 1.29 is 14.6 Å². The molecule has 0 amide bonds. The van der Waals surface area contributed by atoms with Crippen LogP contribution in [0.4, 0.5) is 0 Å². The number of Topliss-reactive ketones (excluding diaryl/α,β-unsaturated/α-hetero) is 1. The summed E-state index contributed by atoms with van der Waals surface area (Å²) in [6, 6.07) is 15.8. The lowest BCUT2D eigenvalue weighted by atomic mass is 9.93. The zero-order chi connectivity index (χ0) is 16.9. The Morgan fingerprint density at radius 2 is 1.67 bits per heavy atom. The van der Waals surface area contributed by atoms with E-state index >= 15 is 0 Å². The molecular formula is C19H20ClNO3. The van der Waals surface area contributed by atoms with Gasteiger partial charge in [0.05, 0.1) is 19.3 Å². The van der Waals surface area contributed by atoms with E-state index in [1.165, 1.54) is 0 Å². The normalized spacial score (nSPS) is 18.1. The fourth-order valence-corrected chi connectivity index (χ4v) is 3.15. The molecule has 2 unspecified atom stereocenters. The number of rotatable bonds is 5. The Kier molecular flexibility index (Phi) is 5.63. The molecule has 1 N–H and O–H groups in total. The van der Waals surface area contributed by atoms with Crippen LogP contribution in [-0.2, 0) is 4.74 Å². The van der Waals surface area contributed by atoms with Crippen molar-refractivity contribution >= 4 is 17.4 Å². The number of morpholine rings is 1. The van der Waals surface area contributed by atoms with Crippen molar-refractivity contribution in [3.63, 3.8) is 0 Å². The van der Waals surface area contributed by atoms with Gasteiger partial charge in [-0.3, -0.25) is 9.69 Å². The van der Waals surface area contributed by atoms with Gasteiger partial charge in [0, 0.05) is 23.7 Å². The molecule has 1 aliphatic heterocycles. The zero-order valence-electron chi connectivity index (χ0n) is 13.3. The van der Waals surface area contributed by atoms with Crippen LogP contribution < -0.4 is 0 Å². The van der Waals surface area contributed by atoms with Crippen LogP contribution in [0, 0.1) is 0 Å². The molecule has 4 nitrogen and oxygen atoms in total. The molecule has 2 aromatic rings. The Balaban J connectivity index is 1.91. The van der Waals surface area contributed by atoms with E-state index in [0.29, 0.717) is 36.9 Å². The molecule has 1 saturated heterocycles. The van der Waals surface area contributed by atoms with Crippen LogP contribution in [0.25, 0.3) is 0 Å². The summed E-state index contributed by atoms with van der Waals surface area (Å²) >= 11 is 5.98. The number of hydrogen-bond acceptors (Lipinski definition) is 4. The lowest BCUT2D eigenvalue weighted by Gasteiger charge is -2.37. The monoisotopic (exact) mass is 345 g/mol. The van der Waals surface area contributed by atoms with Crippen LogP contribution in [-0.4, -0.2) is 48.2 Å². The average Bonchev–Trinajstić information content (AvgIpc) is 2.64. The van der Waals surface area contributed by atoms with Crippen molar-refractivity contribution in [1.29, 1.82) is 0 Å². The molecule has 3 rings (SSSR count). The number of carbonyl (C=O) groups is 1. The van der Waals surface area contributed by atoms with Crippen LogP contribution in [0.3, 0.4) is 0 Å². The van der Waals surface area contributed by atoms with E-state index in [1.54, 1.807) is 36.4 Å². The number of aliphatic hydroxyl groups excluding tert-OH is 1. The average molecular weight is 346 g/mol.